The highest BCUT2D eigenvalue weighted by Crippen LogP contribution is 2.48. The minimum absolute atomic E-state index is 0.0321. The van der Waals surface area contributed by atoms with Crippen molar-refractivity contribution in [2.45, 2.75) is 188 Å². The summed E-state index contributed by atoms with van der Waals surface area (Å²) in [6.45, 7) is 13.0. The van der Waals surface area contributed by atoms with E-state index in [1.807, 2.05) is 36.4 Å². The number of ether oxygens (including phenoxy) is 13. The lowest BCUT2D eigenvalue weighted by atomic mass is 9.75. The zero-order valence-corrected chi connectivity index (χ0v) is 62.2. The maximum Gasteiger partial charge on any atom is 0.411 e. The summed E-state index contributed by atoms with van der Waals surface area (Å²) in [6, 6.07) is 4.94. The van der Waals surface area contributed by atoms with Crippen molar-refractivity contribution in [2.24, 2.45) is 0 Å². The van der Waals surface area contributed by atoms with Crippen molar-refractivity contribution in [3.05, 3.63) is 90.0 Å². The zero-order valence-electron chi connectivity index (χ0n) is 57.5. The van der Waals surface area contributed by atoms with E-state index in [2.05, 4.69) is 45.1 Å². The molecule has 554 valence electrons. The molecule has 6 aliphatic rings. The first kappa shape index (κ1) is 79.7. The van der Waals surface area contributed by atoms with Crippen molar-refractivity contribution in [3.8, 4) is 40.9 Å². The first-order valence-electron chi connectivity index (χ1n) is 32.5. The first-order chi connectivity index (χ1) is 48.3. The summed E-state index contributed by atoms with van der Waals surface area (Å²) in [7, 11) is 9.44. The van der Waals surface area contributed by atoms with Gasteiger partial charge in [-0.2, -0.15) is 16.8 Å². The predicted molar refractivity (Wildman–Crippen MR) is 382 cm³/mol. The quantitative estimate of drug-likeness (QED) is 0.00807. The molecule has 0 saturated carbocycles. The van der Waals surface area contributed by atoms with Crippen LogP contribution in [0.1, 0.15) is 70.6 Å². The third-order valence-electron chi connectivity index (χ3n) is 17.6. The topological polar surface area (TPSA) is 380 Å². The number of anilines is 1. The van der Waals surface area contributed by atoms with Crippen molar-refractivity contribution < 1.29 is 116 Å². The summed E-state index contributed by atoms with van der Waals surface area (Å²) >= 11 is 2.25. The molecule has 29 nitrogen and oxygen atoms in total. The minimum atomic E-state index is -2.19. The summed E-state index contributed by atoms with van der Waals surface area (Å²) in [5.41, 5.74) is 1.92. The van der Waals surface area contributed by atoms with E-state index >= 15 is 0 Å². The summed E-state index contributed by atoms with van der Waals surface area (Å²) in [5, 5.41) is 78.9. The van der Waals surface area contributed by atoms with Gasteiger partial charge in [0.15, 0.2) is 41.8 Å². The first-order valence-corrected chi connectivity index (χ1v) is 36.9. The molecule has 0 unspecified atom stereocenters. The molecule has 5 heterocycles. The number of nitrogens with one attached hydrogen (secondary N) is 4. The van der Waals surface area contributed by atoms with Gasteiger partial charge >= 0.3 is 17.8 Å². The number of ketones is 1. The molecule has 0 spiro atoms. The Balaban J connectivity index is 0.932. The second-order valence-electron chi connectivity index (χ2n) is 24.5. The van der Waals surface area contributed by atoms with E-state index in [9.17, 15) is 49.8 Å². The smallest absolute Gasteiger partial charge is 0.411 e. The molecule has 33 heteroatoms. The fourth-order valence-corrected chi connectivity index (χ4v) is 16.3. The number of hydrogen-bond donors (Lipinski definition) is 11. The van der Waals surface area contributed by atoms with Crippen LogP contribution in [0.2, 0.25) is 0 Å². The lowest BCUT2D eigenvalue weighted by Crippen LogP contribution is -2.65. The maximum absolute atomic E-state index is 14.4. The Morgan fingerprint density at radius 3 is 2.31 bits per heavy atom. The highest BCUT2D eigenvalue weighted by molar-refractivity contribution is 14.1. The van der Waals surface area contributed by atoms with Crippen LogP contribution in [0, 0.1) is 41.1 Å². The van der Waals surface area contributed by atoms with Gasteiger partial charge in [0.1, 0.15) is 53.9 Å². The molecule has 10 N–H and O–H groups in total. The Bertz CT molecular complexity index is 3790. The Morgan fingerprint density at radius 2 is 1.60 bits per heavy atom. The van der Waals surface area contributed by atoms with Crippen LogP contribution in [0.15, 0.2) is 68.5 Å². The van der Waals surface area contributed by atoms with Crippen LogP contribution in [-0.4, -0.2) is 235 Å². The Morgan fingerprint density at radius 1 is 0.861 bits per heavy atom. The molecule has 101 heavy (non-hydrogen) atoms. The predicted octanol–water partition coefficient (Wildman–Crippen LogP) is 4.60. The molecule has 4 fully saturated rings. The number of Topliss-reactive ketones (excluding diaryl/α,β-unsaturated/α-hetero) is 1. The number of likely N-dealkylation sites (N-methyl/N-ethyl adjacent to an activating group) is 1. The molecule has 2 amide bonds. The van der Waals surface area contributed by atoms with Crippen molar-refractivity contribution in [3.63, 3.8) is 0 Å². The van der Waals surface area contributed by atoms with Gasteiger partial charge in [0, 0.05) is 72.4 Å². The Labute approximate surface area is 609 Å². The van der Waals surface area contributed by atoms with Crippen molar-refractivity contribution in [2.75, 3.05) is 66.4 Å². The number of halogens is 1. The van der Waals surface area contributed by atoms with E-state index in [1.54, 1.807) is 59.9 Å². The standard InChI is InChI=1S/C68H87IN4O25S3/c1-13-70-40-30-89-47(27-45(40)84-8)96-60-55(78)52(73-98-48-26-41(74)62(36(7)91-48)100-63(80)49-33(4)51(69)58(61(87-11)57(49)85-9)97-64-56(79)59(86-10)54(77)35(6)93-64)34(5)92-65(60)95-43-18-16-14-15-17-22-68(83)28-42(75)53(72-66(81)88-12)50(43)39(68)21-23-99-101-32(3)29-90-67(82)71-37-19-20-38-31(2)24-46(76)94-44(38)25-37/h14-15,19-21,24-25,32,34-36,40-41,43,45,47-48,52,54-56,59-60,62,64-65,70,73-74,77-80,83,100H,13,23,26-30H2,1-12H3,(H,71,82)(H,72,81)/b15-14?,39-21+/t32-,34-,35+,36-,40+,41+,43+,45+,47+,48+,52-,54+,55+,56-,59-,60-,62-,64+,65+,68+/m1/s1. The fourth-order valence-electron chi connectivity index (χ4n) is 12.4. The number of aliphatic hydroxyl groups excluding tert-OH is 5. The van der Waals surface area contributed by atoms with Crippen LogP contribution in [0.4, 0.5) is 15.3 Å². The average molecular weight is 1580 g/mol. The molecule has 2 aromatic carbocycles. The average Bonchev–Trinajstić information content (AvgIpc) is 0.756. The number of amides is 2. The molecule has 2 aliphatic carbocycles. The highest BCUT2D eigenvalue weighted by atomic mass is 127. The third-order valence-corrected chi connectivity index (χ3v) is 23.1. The lowest BCUT2D eigenvalue weighted by molar-refractivity contribution is -0.336. The molecule has 0 radical (unpaired) electrons. The van der Waals surface area contributed by atoms with Crippen LogP contribution in [-0.2, 0) is 57.0 Å². The second-order valence-corrected chi connectivity index (χ2v) is 29.7. The highest BCUT2D eigenvalue weighted by Gasteiger charge is 2.52. The monoisotopic (exact) mass is 1580 g/mol. The number of allylic oxidation sites excluding steroid dienone is 3. The number of carbonyl (C=O) groups is 3. The molecular weight excluding hydrogens is 1500 g/mol. The van der Waals surface area contributed by atoms with E-state index in [0.717, 1.165) is 12.7 Å². The molecule has 9 rings (SSSR count). The number of aliphatic hydroxyl groups is 6. The SMILES string of the molecule is CCN[C@H]1CO[C@@H](O[C@H]2[C@H](O[C@H]3C#CC=CC#C[C@]4(O)CC(=O)C(NC(=O)OC)=C3/C4=C\CSS[C@H](C)COC(=O)Nc3ccc4c(C)cc(=O)oc4c3)O[C@H](C)[C@@H](NO[C@H]3C[C@H](O)[C@H]([SH]=C(O)c4c(C)c(I)c(O[C@@H]5O[C@@H](C)[C@H](O)[C@@H](OC)[C@H]5O)c(OC)c4OC)[C@@H](C)O3)[C@@H]2O)C[C@@H]1OC. The maximum atomic E-state index is 14.4. The van der Waals surface area contributed by atoms with Crippen LogP contribution in [0.3, 0.4) is 0 Å². The van der Waals surface area contributed by atoms with Crippen molar-refractivity contribution in [1.29, 1.82) is 0 Å². The van der Waals surface area contributed by atoms with Gasteiger partial charge < -0.3 is 102 Å². The van der Waals surface area contributed by atoms with E-state index in [0.29, 0.717) is 32.3 Å². The van der Waals surface area contributed by atoms with Gasteiger partial charge in [-0.1, -0.05) is 58.3 Å². The molecule has 20 atom stereocenters. The van der Waals surface area contributed by atoms with E-state index in [1.165, 1.54) is 67.2 Å². The number of rotatable bonds is 25. The Hall–Kier alpha value is -5.43. The molecule has 4 saturated heterocycles. The van der Waals surface area contributed by atoms with E-state index < -0.39 is 139 Å². The minimum Gasteiger partial charge on any atom is -0.492 e. The number of hydroxylamine groups is 1. The molecular formula is C68H87IN4O25S3. The normalized spacial score (nSPS) is 32.1. The fraction of sp³-hybridized carbons (Fsp3) is 0.574. The van der Waals surface area contributed by atoms with E-state index in [-0.39, 0.29) is 99.2 Å². The van der Waals surface area contributed by atoms with Gasteiger partial charge in [-0.05, 0) is 106 Å². The summed E-state index contributed by atoms with van der Waals surface area (Å²) in [6.07, 6.45) is -15.3. The molecule has 2 bridgehead atoms. The van der Waals surface area contributed by atoms with E-state index in [4.69, 9.17) is 70.8 Å². The molecule has 3 aromatic rings. The van der Waals surface area contributed by atoms with Gasteiger partial charge in [0.2, 0.25) is 12.0 Å². The number of benzene rings is 2. The number of aryl methyl sites for hydroxylation is 1. The van der Waals surface area contributed by atoms with Crippen LogP contribution in [0.25, 0.3) is 11.0 Å². The molecule has 4 aliphatic heterocycles. The van der Waals surface area contributed by atoms with Gasteiger partial charge in [-0.15, -0.1) is 0 Å². The van der Waals surface area contributed by atoms with Gasteiger partial charge in [-0.3, -0.25) is 20.3 Å². The molecule has 1 aromatic heterocycles. The Kier molecular flexibility index (Phi) is 28.4. The van der Waals surface area contributed by atoms with Crippen LogP contribution < -0.4 is 41.3 Å². The van der Waals surface area contributed by atoms with Crippen LogP contribution in [0.5, 0.6) is 17.2 Å². The summed E-state index contributed by atoms with van der Waals surface area (Å²) in [4.78, 5) is 58.7. The van der Waals surface area contributed by atoms with Gasteiger partial charge in [0.25, 0.3) is 0 Å². The number of carbonyl (C=O) groups excluding carboxylic acids is 3. The number of fused-ring (bicyclic) bond motifs is 3. The lowest BCUT2D eigenvalue weighted by Gasteiger charge is -2.46. The summed E-state index contributed by atoms with van der Waals surface area (Å²) in [5.74, 6) is 11.2. The van der Waals surface area contributed by atoms with Gasteiger partial charge in [0.05, 0.1) is 97.0 Å². The van der Waals surface area contributed by atoms with Crippen molar-refractivity contribution >= 4 is 95.2 Å². The number of thiol groups is 1. The van der Waals surface area contributed by atoms with Gasteiger partial charge in [-0.25, -0.2) is 14.4 Å². The zero-order chi connectivity index (χ0) is 73.1. The summed E-state index contributed by atoms with van der Waals surface area (Å²) < 4.78 is 84.0. The second kappa shape index (κ2) is 36.0. The number of methoxy groups -OCH3 is 5. The largest absolute Gasteiger partial charge is 0.492 e. The third kappa shape index (κ3) is 18.8. The van der Waals surface area contributed by atoms with Crippen molar-refractivity contribution in [1.82, 2.24) is 16.1 Å². The number of hydrogen-bond acceptors (Lipinski definition) is 28. The number of alkyl carbamates (subject to hydrolysis) is 1. The van der Waals surface area contributed by atoms with Crippen LogP contribution >= 0.6 is 55.5 Å².